The van der Waals surface area contributed by atoms with Crippen LogP contribution in [0.1, 0.15) is 6.92 Å². The van der Waals surface area contributed by atoms with Crippen LogP contribution in [-0.2, 0) is 10.0 Å². The van der Waals surface area contributed by atoms with Crippen LogP contribution >= 0.6 is 24.2 Å². The lowest BCUT2D eigenvalue weighted by Crippen LogP contribution is -2.29. The Labute approximate surface area is 205 Å². The average Bonchev–Trinajstić information content (AvgIpc) is 3.14. The molecule has 34 heavy (non-hydrogen) atoms. The van der Waals surface area contributed by atoms with Gasteiger partial charge in [0.25, 0.3) is 10.0 Å². The predicted molar refractivity (Wildman–Crippen MR) is 137 cm³/mol. The number of benzene rings is 2. The summed E-state index contributed by atoms with van der Waals surface area (Å²) in [7, 11) is -3.83. The highest BCUT2D eigenvalue weighted by atomic mass is 32.2. The van der Waals surface area contributed by atoms with Gasteiger partial charge in [0.15, 0.2) is 0 Å². The fraction of sp³-hybridized carbons (Fsp3) is 0.0952. The Bertz CT molecular complexity index is 1360. The molecule has 0 radical (unpaired) electrons. The van der Waals surface area contributed by atoms with E-state index in [1.54, 1.807) is 11.1 Å². The number of anilines is 2. The van der Waals surface area contributed by atoms with E-state index in [0.29, 0.717) is 15.6 Å². The molecule has 1 aliphatic rings. The zero-order valence-electron chi connectivity index (χ0n) is 17.7. The van der Waals surface area contributed by atoms with Crippen molar-refractivity contribution in [2.75, 3.05) is 9.73 Å². The first kappa shape index (κ1) is 23.6. The van der Waals surface area contributed by atoms with Gasteiger partial charge in [-0.3, -0.25) is 5.41 Å². The first-order valence-corrected chi connectivity index (χ1v) is 12.5. The third-order valence-electron chi connectivity index (χ3n) is 4.64. The molecule has 2 heterocycles. The first-order chi connectivity index (χ1) is 16.3. The van der Waals surface area contributed by atoms with E-state index in [-0.39, 0.29) is 16.7 Å². The summed E-state index contributed by atoms with van der Waals surface area (Å²) in [6, 6.07) is 16.8. The molecule has 0 aliphatic carbocycles. The molecule has 3 aromatic rings. The highest BCUT2D eigenvalue weighted by Crippen LogP contribution is 2.29. The largest absolute Gasteiger partial charge is 0.286 e. The zero-order chi connectivity index (χ0) is 24.1. The van der Waals surface area contributed by atoms with Crippen molar-refractivity contribution < 1.29 is 8.42 Å². The summed E-state index contributed by atoms with van der Waals surface area (Å²) < 4.78 is 31.7. The quantitative estimate of drug-likeness (QED) is 0.264. The Morgan fingerprint density at radius 3 is 2.44 bits per heavy atom. The molecule has 1 aliphatic heterocycles. The summed E-state index contributed by atoms with van der Waals surface area (Å²) in [5.41, 5.74) is 1.93. The van der Waals surface area contributed by atoms with Crippen LogP contribution in [0.25, 0.3) is 0 Å². The van der Waals surface area contributed by atoms with E-state index in [4.69, 9.17) is 17.6 Å². The molecule has 4 rings (SSSR count). The second-order valence-electron chi connectivity index (χ2n) is 6.97. The number of hydrogen-bond acceptors (Lipinski definition) is 10. The molecule has 0 amide bonds. The molecule has 0 fully saturated rings. The van der Waals surface area contributed by atoms with Crippen LogP contribution in [0, 0.1) is 11.3 Å². The summed E-state index contributed by atoms with van der Waals surface area (Å²) in [4.78, 5) is 7.74. The van der Waals surface area contributed by atoms with Crippen LogP contribution in [0.4, 0.5) is 17.3 Å². The number of sulfonamides is 1. The number of hydrazone groups is 1. The summed E-state index contributed by atoms with van der Waals surface area (Å²) >= 11 is 6.46. The number of para-hydroxylation sites is 1. The van der Waals surface area contributed by atoms with E-state index >= 15 is 0 Å². The third kappa shape index (κ3) is 5.32. The van der Waals surface area contributed by atoms with E-state index in [0.717, 1.165) is 17.6 Å². The van der Waals surface area contributed by atoms with Crippen LogP contribution < -0.4 is 9.73 Å². The van der Waals surface area contributed by atoms with E-state index in [1.807, 2.05) is 37.3 Å². The standard InChI is InChI=1S/C21H18N8O2S3/c1-14-18(19(22)29(26-14)16-6-3-2-4-7-16)20(32)33-28-25-15-8-10-17(11-9-15)34(30,31)27-21-23-12-5-13-24-21/h2-13,18,22H,1H3,(H,23,24,27). The SMILES string of the molecule is CC1=NN(c2ccccc2)C(=N)C1C(=S)SN=Nc1ccc(S(=O)(=O)Nc2ncccn2)cc1. The Kier molecular flexibility index (Phi) is 7.05. The van der Waals surface area contributed by atoms with E-state index in [2.05, 4.69) is 29.4 Å². The Hall–Kier alpha value is -3.55. The molecule has 1 aromatic heterocycles. The minimum Gasteiger partial charge on any atom is -0.286 e. The summed E-state index contributed by atoms with van der Waals surface area (Å²) in [5, 5.41) is 18.6. The van der Waals surface area contributed by atoms with E-state index < -0.39 is 15.9 Å². The van der Waals surface area contributed by atoms with Gasteiger partial charge in [-0.25, -0.2) is 28.1 Å². The van der Waals surface area contributed by atoms with Crippen molar-refractivity contribution >= 4 is 67.3 Å². The average molecular weight is 511 g/mol. The number of nitrogens with one attached hydrogen (secondary N) is 2. The molecule has 1 unspecified atom stereocenters. The van der Waals surface area contributed by atoms with Crippen LogP contribution in [0.15, 0.2) is 92.7 Å². The van der Waals surface area contributed by atoms with Gasteiger partial charge in [-0.1, -0.05) is 30.4 Å². The minimum atomic E-state index is -3.83. The smallest absolute Gasteiger partial charge is 0.264 e. The van der Waals surface area contributed by atoms with Crippen molar-refractivity contribution in [2.45, 2.75) is 11.8 Å². The molecule has 0 saturated heterocycles. The maximum absolute atomic E-state index is 12.5. The molecule has 0 spiro atoms. The third-order valence-corrected chi connectivity index (χ3v) is 7.02. The van der Waals surface area contributed by atoms with Crippen LogP contribution in [0.5, 0.6) is 0 Å². The van der Waals surface area contributed by atoms with E-state index in [1.165, 1.54) is 36.7 Å². The molecule has 1 atom stereocenters. The van der Waals surface area contributed by atoms with Crippen molar-refractivity contribution in [1.29, 1.82) is 5.41 Å². The molecule has 10 nitrogen and oxygen atoms in total. The van der Waals surface area contributed by atoms with E-state index in [9.17, 15) is 8.42 Å². The molecule has 0 saturated carbocycles. The van der Waals surface area contributed by atoms with Crippen molar-refractivity contribution in [1.82, 2.24) is 9.97 Å². The fourth-order valence-electron chi connectivity index (χ4n) is 3.02. The van der Waals surface area contributed by atoms with Gasteiger partial charge in [-0.2, -0.15) is 5.10 Å². The molecule has 13 heteroatoms. The van der Waals surface area contributed by atoms with Gasteiger partial charge in [0.05, 0.1) is 26.2 Å². The fourth-order valence-corrected chi connectivity index (χ4v) is 4.96. The minimum absolute atomic E-state index is 0.0154. The lowest BCUT2D eigenvalue weighted by molar-refractivity contribution is 0.601. The predicted octanol–water partition coefficient (Wildman–Crippen LogP) is 4.83. The van der Waals surface area contributed by atoms with Crippen LogP contribution in [0.2, 0.25) is 0 Å². The van der Waals surface area contributed by atoms with Gasteiger partial charge >= 0.3 is 0 Å². The number of nitrogens with zero attached hydrogens (tertiary/aromatic N) is 6. The van der Waals surface area contributed by atoms with Gasteiger partial charge in [0, 0.05) is 24.3 Å². The van der Waals surface area contributed by atoms with Crippen molar-refractivity contribution in [2.24, 2.45) is 20.7 Å². The molecular weight excluding hydrogens is 492 g/mol. The lowest BCUT2D eigenvalue weighted by Gasteiger charge is -2.16. The van der Waals surface area contributed by atoms with Crippen LogP contribution in [0.3, 0.4) is 0 Å². The number of aromatic nitrogens is 2. The molecule has 172 valence electrons. The normalized spacial score (nSPS) is 16.0. The molecule has 0 bridgehead atoms. The van der Waals surface area contributed by atoms with Gasteiger partial charge in [0.2, 0.25) is 5.95 Å². The first-order valence-electron chi connectivity index (χ1n) is 9.86. The maximum Gasteiger partial charge on any atom is 0.264 e. The lowest BCUT2D eigenvalue weighted by atomic mass is 10.1. The van der Waals surface area contributed by atoms with Gasteiger partial charge in [-0.15, -0.1) is 9.63 Å². The highest BCUT2D eigenvalue weighted by molar-refractivity contribution is 8.22. The monoisotopic (exact) mass is 510 g/mol. The van der Waals surface area contributed by atoms with Gasteiger partial charge < -0.3 is 0 Å². The second kappa shape index (κ2) is 10.2. The molecular formula is C21H18N8O2S3. The number of thiocarbonyl (C=S) groups is 1. The highest BCUT2D eigenvalue weighted by Gasteiger charge is 2.34. The maximum atomic E-state index is 12.5. The summed E-state index contributed by atoms with van der Waals surface area (Å²) in [6.07, 6.45) is 2.88. The number of hydrogen-bond donors (Lipinski definition) is 2. The van der Waals surface area contributed by atoms with Crippen molar-refractivity contribution in [3.05, 3.63) is 73.1 Å². The Morgan fingerprint density at radius 2 is 1.76 bits per heavy atom. The summed E-state index contributed by atoms with van der Waals surface area (Å²) in [5.74, 6) is -0.225. The van der Waals surface area contributed by atoms with Crippen LogP contribution in [-0.4, -0.2) is 34.1 Å². The van der Waals surface area contributed by atoms with Crippen molar-refractivity contribution in [3.63, 3.8) is 0 Å². The zero-order valence-corrected chi connectivity index (χ0v) is 20.2. The summed E-state index contributed by atoms with van der Waals surface area (Å²) in [6.45, 7) is 1.82. The van der Waals surface area contributed by atoms with Gasteiger partial charge in [0.1, 0.15) is 11.8 Å². The molecule has 2 aromatic carbocycles. The van der Waals surface area contributed by atoms with Crippen molar-refractivity contribution in [3.8, 4) is 0 Å². The number of amidine groups is 1. The topological polar surface area (TPSA) is 136 Å². The number of rotatable bonds is 7. The Morgan fingerprint density at radius 1 is 1.09 bits per heavy atom. The van der Waals surface area contributed by atoms with Gasteiger partial charge in [-0.05, 0) is 49.4 Å². The molecule has 2 N–H and O–H groups in total. The Balaban J connectivity index is 1.38. The second-order valence-corrected chi connectivity index (χ2v) is 10.1.